The van der Waals surface area contributed by atoms with E-state index in [4.69, 9.17) is 37.9 Å². The molecule has 0 bridgehead atoms. The highest BCUT2D eigenvalue weighted by Crippen LogP contribution is 2.38. The van der Waals surface area contributed by atoms with E-state index >= 15 is 9.59 Å². The minimum absolute atomic E-state index is 0.00186. The summed E-state index contributed by atoms with van der Waals surface area (Å²) in [5.41, 5.74) is 1.18. The van der Waals surface area contributed by atoms with E-state index in [1.807, 2.05) is 24.3 Å². The first-order chi connectivity index (χ1) is 72.7. The van der Waals surface area contributed by atoms with Gasteiger partial charge in [0.15, 0.2) is 24.4 Å². The Kier molecular flexibility index (Phi) is 93.1. The van der Waals surface area contributed by atoms with Crippen LogP contribution in [0.2, 0.25) is 0 Å². The summed E-state index contributed by atoms with van der Waals surface area (Å²) in [5, 5.41) is 37.6. The van der Waals surface area contributed by atoms with Crippen molar-refractivity contribution < 1.29 is 77.2 Å². The van der Waals surface area contributed by atoms with Gasteiger partial charge in [0.05, 0.1) is 6.61 Å². The maximum Gasteiger partial charge on any atom is 0.333 e. The molecule has 0 spiro atoms. The van der Waals surface area contributed by atoms with E-state index in [1.54, 1.807) is 27.7 Å². The Bertz CT molecular complexity index is 3270. The van der Waals surface area contributed by atoms with Crippen LogP contribution in [-0.4, -0.2) is 120 Å². The normalized spacial score (nSPS) is 20.1. The van der Waals surface area contributed by atoms with E-state index in [9.17, 15) is 29.7 Å². The molecule has 2 fully saturated rings. The zero-order chi connectivity index (χ0) is 110. The smallest absolute Gasteiger partial charge is 0.333 e. The van der Waals surface area contributed by atoms with Crippen LogP contribution in [0.25, 0.3) is 0 Å². The maximum atomic E-state index is 15.1. The maximum absolute atomic E-state index is 15.1. The van der Waals surface area contributed by atoms with Gasteiger partial charge in [-0.2, -0.15) is 0 Å². The van der Waals surface area contributed by atoms with Crippen LogP contribution in [0.15, 0.2) is 46.6 Å². The van der Waals surface area contributed by atoms with Crippen LogP contribution < -0.4 is 0 Å². The summed E-state index contributed by atoms with van der Waals surface area (Å²) in [4.78, 5) is 74.2. The van der Waals surface area contributed by atoms with Crippen LogP contribution in [0.4, 0.5) is 0 Å². The highest BCUT2D eigenvalue weighted by atomic mass is 16.8. The molecule has 2 saturated heterocycles. The third-order valence-electron chi connectivity index (χ3n) is 32.8. The molecule has 0 amide bonds. The van der Waals surface area contributed by atoms with E-state index in [0.717, 1.165) is 103 Å². The average molecular weight is 2120 g/mol. The van der Waals surface area contributed by atoms with Gasteiger partial charge in [-0.3, -0.25) is 4.79 Å². The monoisotopic (exact) mass is 2110 g/mol. The molecule has 0 aliphatic carbocycles. The molecule has 2 aliphatic heterocycles. The first-order valence-electron chi connectivity index (χ1n) is 65.4. The van der Waals surface area contributed by atoms with E-state index in [2.05, 4.69) is 90.0 Å². The molecule has 0 aromatic heterocycles. The number of unbranched alkanes of at least 4 members (excludes halogenated alkanes) is 70. The summed E-state index contributed by atoms with van der Waals surface area (Å²) in [7, 11) is 0. The Labute approximate surface area is 927 Å². The summed E-state index contributed by atoms with van der Waals surface area (Å²) in [6.45, 7) is 34.2. The highest BCUT2D eigenvalue weighted by Gasteiger charge is 2.56. The molecule has 0 aromatic rings. The first-order valence-corrected chi connectivity index (χ1v) is 65.4. The lowest BCUT2D eigenvalue weighted by atomic mass is 9.91. The number of hydrogen-bond acceptors (Lipinski definition) is 16. The van der Waals surface area contributed by atoms with Gasteiger partial charge >= 0.3 is 29.8 Å². The fraction of sp³-hybridized carbons (Fsp3) is 0.903. The first kappa shape index (κ1) is 142. The van der Waals surface area contributed by atoms with Crippen LogP contribution >= 0.6 is 0 Å². The Morgan fingerprint density at radius 1 is 0.247 bits per heavy atom. The molecule has 3 N–H and O–H groups in total. The van der Waals surface area contributed by atoms with Gasteiger partial charge in [0.1, 0.15) is 31.0 Å². The van der Waals surface area contributed by atoms with Crippen molar-refractivity contribution in [3.05, 3.63) is 46.6 Å². The summed E-state index contributed by atoms with van der Waals surface area (Å²) in [5.74, 6) is -2.16. The number of allylic oxidation sites excluding steroid dienone is 4. The predicted molar refractivity (Wildman–Crippen MR) is 633 cm³/mol. The second-order valence-electron chi connectivity index (χ2n) is 48.9. The van der Waals surface area contributed by atoms with E-state index in [-0.39, 0.29) is 41.2 Å². The van der Waals surface area contributed by atoms with Gasteiger partial charge in [-0.05, 0) is 107 Å². The lowest BCUT2D eigenvalue weighted by Gasteiger charge is -2.47. The molecule has 2 aliphatic rings. The number of hydrogen-bond donors (Lipinski definition) is 3. The third-order valence-corrected chi connectivity index (χ3v) is 32.8. The zero-order valence-corrected chi connectivity index (χ0v) is 102. The second kappa shape index (κ2) is 98.2. The van der Waals surface area contributed by atoms with Gasteiger partial charge in [0, 0.05) is 28.7 Å². The largest absolute Gasteiger partial charge is 0.459 e. The third kappa shape index (κ3) is 76.7. The Morgan fingerprint density at radius 3 is 0.700 bits per heavy atom. The van der Waals surface area contributed by atoms with Crippen LogP contribution in [-0.2, 0) is 61.9 Å². The second-order valence-corrected chi connectivity index (χ2v) is 48.9. The van der Waals surface area contributed by atoms with Gasteiger partial charge in [-0.15, -0.1) is 0 Å². The molecular weight excluding hydrogens is 1870 g/mol. The molecule has 0 radical (unpaired) electrons. The fourth-order valence-electron chi connectivity index (χ4n) is 23.4. The number of ether oxygens (including phenoxy) is 8. The quantitative estimate of drug-likeness (QED) is 0.0223. The summed E-state index contributed by atoms with van der Waals surface area (Å²) in [6, 6.07) is 0. The van der Waals surface area contributed by atoms with Gasteiger partial charge in [0.2, 0.25) is 12.6 Å². The molecule has 18 atom stereocenters. The molecule has 16 nitrogen and oxygen atoms in total. The number of rotatable bonds is 105. The number of aliphatic hydroxyl groups excluding tert-OH is 3. The molecule has 2 heterocycles. The number of carbonyl (C=O) groups is 5. The Balaban J connectivity index is 2.70. The highest BCUT2D eigenvalue weighted by molar-refractivity contribution is 5.89. The molecule has 0 aromatic carbocycles. The van der Waals surface area contributed by atoms with Crippen molar-refractivity contribution in [1.82, 2.24) is 0 Å². The molecule has 4 unspecified atom stereocenters. The van der Waals surface area contributed by atoms with E-state index in [1.165, 1.54) is 424 Å². The van der Waals surface area contributed by atoms with Crippen molar-refractivity contribution in [1.29, 1.82) is 0 Å². The van der Waals surface area contributed by atoms with Crippen molar-refractivity contribution in [2.75, 3.05) is 13.2 Å². The van der Waals surface area contributed by atoms with Crippen LogP contribution in [0.3, 0.4) is 0 Å². The number of esters is 5. The minimum Gasteiger partial charge on any atom is -0.459 e. The predicted octanol–water partition coefficient (Wildman–Crippen LogP) is 39.1. The zero-order valence-electron chi connectivity index (χ0n) is 102. The van der Waals surface area contributed by atoms with Gasteiger partial charge < -0.3 is 53.2 Å². The van der Waals surface area contributed by atoms with Crippen molar-refractivity contribution in [2.45, 2.75) is 718 Å². The Hall–Kier alpha value is -3.93. The summed E-state index contributed by atoms with van der Waals surface area (Å²) >= 11 is 0. The number of carbonyl (C=O) groups excluding carboxylic acids is 5. The van der Waals surface area contributed by atoms with Crippen molar-refractivity contribution in [3.8, 4) is 0 Å². The lowest BCUT2D eigenvalue weighted by molar-refractivity contribution is -0.377. The van der Waals surface area contributed by atoms with Crippen LogP contribution in [0, 0.1) is 47.3 Å². The molecule has 0 saturated carbocycles. The Morgan fingerprint density at radius 2 is 0.453 bits per heavy atom. The standard InChI is InChI=1S/C134H248O16/c1-18-23-28-33-38-43-48-53-58-61-65-70-75-78-83-88-93-108(6)98-112(10)102-116(14)129(139)143-107-121-123(137)126(148-131(141)118(16)104-114(12)100-110(8)95-90-85-79-73-68-63-56-51-46-41-36-31-26-21-4)128(146-122(136)97-92-87-82-77-72-67-60-55-50-45-40-35-30-25-20-3)134(145-121)150-133-127(149-132(142)119(17)105-115(13)101-111(9)96-91-86-80-74-69-64-57-52-47-42-37-32-27-22-5)124(138)125(120(106-135)144-133)147-130(140)117(15)103-113(11)99-109(7)94-89-84-81-76-71-66-62-59-54-49-44-39-34-29-24-19-2/h102-105,108-115,120-121,123-128,133-135,137-138H,18-101,106-107H2,1-17H3/b116-102+,117-103+,118-104+,119-105+/t108-,109-,110-,111-,112-,113-,114-,115-,120?,121?,123+,124?,125+,126?,127-,128+,133+,134+/m0/s1. The fourth-order valence-corrected chi connectivity index (χ4v) is 23.4. The van der Waals surface area contributed by atoms with Crippen LogP contribution in [0.5, 0.6) is 0 Å². The van der Waals surface area contributed by atoms with Crippen LogP contribution in [0.1, 0.15) is 657 Å². The average Bonchev–Trinajstić information content (AvgIpc) is 0.768. The van der Waals surface area contributed by atoms with Crippen molar-refractivity contribution in [2.24, 2.45) is 47.3 Å². The topological polar surface area (TPSA) is 220 Å². The SMILES string of the molecule is CCCCCCCCCCCCCCCCCC[C@H](C)C[C@H](C)/C=C(\C)C(=O)OCC1O[C@H](O[C@H]2OC(CO)[C@@H](OC(=O)/C(C)=C/[C@@H](C)C[C@@H](C)CCCCCCCCCCCCCCCCCC)C(O)[C@@H]2OC(=O)/C(C)=C/[C@@H](C)C[C@@H](C)CCCCCCCCCCCCCCCC)[C@H](OC(=O)CCCCCCCCCCCCCCCCC)C(OC(=O)/C(C)=C/[C@@H](C)C[C@@H](C)CCCCCCCCCCCCCCCC)[C@@H]1O. The van der Waals surface area contributed by atoms with Gasteiger partial charge in [-0.1, -0.05) is 615 Å². The minimum atomic E-state index is -1.92. The summed E-state index contributed by atoms with van der Waals surface area (Å²) < 4.78 is 52.3. The molecule has 150 heavy (non-hydrogen) atoms. The van der Waals surface area contributed by atoms with Gasteiger partial charge in [0.25, 0.3) is 0 Å². The van der Waals surface area contributed by atoms with Crippen molar-refractivity contribution >= 4 is 29.8 Å². The molecular formula is C134H248O16. The van der Waals surface area contributed by atoms with E-state index in [0.29, 0.717) is 41.2 Å². The number of aliphatic hydroxyl groups is 3. The van der Waals surface area contributed by atoms with Crippen molar-refractivity contribution in [3.63, 3.8) is 0 Å². The van der Waals surface area contributed by atoms with Gasteiger partial charge in [-0.25, -0.2) is 19.2 Å². The molecule has 880 valence electrons. The summed E-state index contributed by atoms with van der Waals surface area (Å²) in [6.07, 6.45) is 93.7. The lowest BCUT2D eigenvalue weighted by Crippen LogP contribution is -2.66. The van der Waals surface area contributed by atoms with E-state index < -0.39 is 104 Å². The molecule has 16 heteroatoms. The molecule has 2 rings (SSSR count).